The fourth-order valence-corrected chi connectivity index (χ4v) is 3.37. The summed E-state index contributed by atoms with van der Waals surface area (Å²) in [6, 6.07) is 0. The number of rotatable bonds is 9. The fraction of sp³-hybridized carbons (Fsp3) is 0.944. The molecule has 0 radical (unpaired) electrons. The summed E-state index contributed by atoms with van der Waals surface area (Å²) < 4.78 is 11.2. The van der Waals surface area contributed by atoms with Crippen LogP contribution in [-0.2, 0) is 9.47 Å². The number of ether oxygens (including phenoxy) is 2. The van der Waals surface area contributed by atoms with Crippen molar-refractivity contribution in [1.29, 1.82) is 0 Å². The van der Waals surface area contributed by atoms with Crippen molar-refractivity contribution in [3.8, 4) is 0 Å². The van der Waals surface area contributed by atoms with Crippen LogP contribution >= 0.6 is 0 Å². The van der Waals surface area contributed by atoms with E-state index < -0.39 is 0 Å². The van der Waals surface area contributed by atoms with Crippen molar-refractivity contribution in [2.75, 3.05) is 46.6 Å². The molecule has 1 aliphatic heterocycles. The number of hydrogen-bond donors (Lipinski definition) is 2. The van der Waals surface area contributed by atoms with Gasteiger partial charge >= 0.3 is 0 Å². The molecule has 1 saturated heterocycles. The first-order chi connectivity index (χ1) is 11.3. The second-order valence-electron chi connectivity index (χ2n) is 7.04. The first-order valence-electron chi connectivity index (χ1n) is 9.38. The van der Waals surface area contributed by atoms with Crippen LogP contribution in [0.15, 0.2) is 4.99 Å². The molecule has 1 aliphatic carbocycles. The summed E-state index contributed by atoms with van der Waals surface area (Å²) in [6.45, 7) is 7.76. The zero-order valence-electron chi connectivity index (χ0n) is 15.0. The van der Waals surface area contributed by atoms with E-state index in [1.165, 1.54) is 25.7 Å². The topological polar surface area (TPSA) is 54.9 Å². The van der Waals surface area contributed by atoms with Gasteiger partial charge in [-0.25, -0.2) is 0 Å². The Kier molecular flexibility index (Phi) is 8.17. The van der Waals surface area contributed by atoms with Crippen molar-refractivity contribution in [3.05, 3.63) is 0 Å². The van der Waals surface area contributed by atoms with Gasteiger partial charge in [0.25, 0.3) is 0 Å². The van der Waals surface area contributed by atoms with E-state index in [1.54, 1.807) is 0 Å². The maximum absolute atomic E-state index is 5.79. The zero-order valence-corrected chi connectivity index (χ0v) is 15.0. The predicted octanol–water partition coefficient (Wildman–Crippen LogP) is 2.57. The molecule has 134 valence electrons. The predicted molar refractivity (Wildman–Crippen MR) is 94.9 cm³/mol. The Morgan fingerprint density at radius 3 is 2.65 bits per heavy atom. The summed E-state index contributed by atoms with van der Waals surface area (Å²) in [6.07, 6.45) is 8.66. The molecule has 5 nitrogen and oxygen atoms in total. The minimum absolute atomic E-state index is 0.518. The number of nitrogens with one attached hydrogen (secondary N) is 2. The summed E-state index contributed by atoms with van der Waals surface area (Å²) in [5, 5.41) is 6.88. The Bertz CT molecular complexity index is 345. The monoisotopic (exact) mass is 325 g/mol. The smallest absolute Gasteiger partial charge is 0.190 e. The van der Waals surface area contributed by atoms with E-state index in [2.05, 4.69) is 22.5 Å². The van der Waals surface area contributed by atoms with Crippen LogP contribution in [0.25, 0.3) is 0 Å². The summed E-state index contributed by atoms with van der Waals surface area (Å²) in [4.78, 5) is 4.31. The van der Waals surface area contributed by atoms with E-state index in [1.807, 2.05) is 7.05 Å². The number of nitrogens with zero attached hydrogens (tertiary/aromatic N) is 1. The van der Waals surface area contributed by atoms with Gasteiger partial charge in [-0.3, -0.25) is 4.99 Å². The van der Waals surface area contributed by atoms with Crippen molar-refractivity contribution in [2.24, 2.45) is 16.3 Å². The van der Waals surface area contributed by atoms with Gasteiger partial charge in [-0.1, -0.05) is 13.3 Å². The van der Waals surface area contributed by atoms with E-state index in [0.717, 1.165) is 64.7 Å². The number of hydrogen-bond acceptors (Lipinski definition) is 3. The van der Waals surface area contributed by atoms with Gasteiger partial charge in [-0.05, 0) is 49.9 Å². The molecule has 0 aromatic rings. The molecule has 0 atom stereocenters. The molecule has 0 amide bonds. The largest absolute Gasteiger partial charge is 0.381 e. The van der Waals surface area contributed by atoms with Gasteiger partial charge in [0, 0.05) is 46.6 Å². The van der Waals surface area contributed by atoms with Gasteiger partial charge in [0.1, 0.15) is 0 Å². The van der Waals surface area contributed by atoms with Crippen LogP contribution in [0, 0.1) is 11.3 Å². The second-order valence-corrected chi connectivity index (χ2v) is 7.04. The van der Waals surface area contributed by atoms with Crippen molar-refractivity contribution >= 4 is 5.96 Å². The highest BCUT2D eigenvalue weighted by atomic mass is 16.5. The third-order valence-electron chi connectivity index (χ3n) is 5.47. The maximum Gasteiger partial charge on any atom is 0.190 e. The molecule has 23 heavy (non-hydrogen) atoms. The van der Waals surface area contributed by atoms with E-state index in [9.17, 15) is 0 Å². The molecule has 2 rings (SSSR count). The minimum Gasteiger partial charge on any atom is -0.381 e. The van der Waals surface area contributed by atoms with Crippen LogP contribution in [0.3, 0.4) is 0 Å². The third kappa shape index (κ3) is 6.30. The molecule has 0 spiro atoms. The summed E-state index contributed by atoms with van der Waals surface area (Å²) in [5.41, 5.74) is 0.518. The molecule has 0 unspecified atom stereocenters. The molecule has 2 fully saturated rings. The highest BCUT2D eigenvalue weighted by molar-refractivity contribution is 5.79. The Hall–Kier alpha value is -0.810. The Morgan fingerprint density at radius 1 is 1.26 bits per heavy atom. The highest BCUT2D eigenvalue weighted by Gasteiger charge is 2.34. The lowest BCUT2D eigenvalue weighted by Gasteiger charge is -2.41. The van der Waals surface area contributed by atoms with Crippen molar-refractivity contribution < 1.29 is 9.47 Å². The lowest BCUT2D eigenvalue weighted by Crippen LogP contribution is -2.46. The van der Waals surface area contributed by atoms with Gasteiger partial charge in [0.05, 0.1) is 0 Å². The van der Waals surface area contributed by atoms with E-state index >= 15 is 0 Å². The quantitative estimate of drug-likeness (QED) is 0.389. The van der Waals surface area contributed by atoms with Crippen LogP contribution in [0.5, 0.6) is 0 Å². The SMILES string of the molecule is CCC1(CNC(=NC)NCCCOCC2CCOCC2)CCC1. The van der Waals surface area contributed by atoms with Crippen molar-refractivity contribution in [2.45, 2.75) is 51.9 Å². The Morgan fingerprint density at radius 2 is 2.04 bits per heavy atom. The number of aliphatic imine (C=N–C) groups is 1. The standard InChI is InChI=1S/C18H35N3O2/c1-3-18(8-4-9-18)15-21-17(19-2)20-10-5-11-23-14-16-6-12-22-13-7-16/h16H,3-15H2,1-2H3,(H2,19,20,21). The number of guanidine groups is 1. The molecular weight excluding hydrogens is 290 g/mol. The molecule has 1 heterocycles. The fourth-order valence-electron chi connectivity index (χ4n) is 3.37. The molecule has 0 aromatic heterocycles. The van der Waals surface area contributed by atoms with Gasteiger partial charge in [0.2, 0.25) is 0 Å². The average molecular weight is 325 g/mol. The van der Waals surface area contributed by atoms with E-state index in [4.69, 9.17) is 9.47 Å². The maximum atomic E-state index is 5.79. The van der Waals surface area contributed by atoms with Crippen molar-refractivity contribution in [3.63, 3.8) is 0 Å². The molecule has 0 bridgehead atoms. The lowest BCUT2D eigenvalue weighted by atomic mass is 9.67. The average Bonchev–Trinajstić information content (AvgIpc) is 2.56. The van der Waals surface area contributed by atoms with Gasteiger partial charge in [-0.2, -0.15) is 0 Å². The molecular formula is C18H35N3O2. The summed E-state index contributed by atoms with van der Waals surface area (Å²) in [5.74, 6) is 1.62. The molecule has 0 aromatic carbocycles. The summed E-state index contributed by atoms with van der Waals surface area (Å²) in [7, 11) is 1.84. The Labute approximate surface area is 141 Å². The second kappa shape index (κ2) is 10.1. The van der Waals surface area contributed by atoms with Crippen LogP contribution in [0.1, 0.15) is 51.9 Å². The third-order valence-corrected chi connectivity index (χ3v) is 5.47. The lowest BCUT2D eigenvalue weighted by molar-refractivity contribution is 0.0203. The van der Waals surface area contributed by atoms with Crippen LogP contribution in [-0.4, -0.2) is 52.5 Å². The normalized spacial score (nSPS) is 21.7. The first kappa shape index (κ1) is 18.5. The van der Waals surface area contributed by atoms with Gasteiger partial charge in [-0.15, -0.1) is 0 Å². The van der Waals surface area contributed by atoms with Crippen LogP contribution < -0.4 is 10.6 Å². The Balaban J connectivity index is 1.48. The van der Waals surface area contributed by atoms with E-state index in [-0.39, 0.29) is 0 Å². The minimum atomic E-state index is 0.518. The summed E-state index contributed by atoms with van der Waals surface area (Å²) >= 11 is 0. The van der Waals surface area contributed by atoms with Crippen LogP contribution in [0.4, 0.5) is 0 Å². The highest BCUT2D eigenvalue weighted by Crippen LogP contribution is 2.42. The molecule has 5 heteroatoms. The molecule has 1 saturated carbocycles. The van der Waals surface area contributed by atoms with Gasteiger partial charge in [0.15, 0.2) is 5.96 Å². The van der Waals surface area contributed by atoms with Crippen LogP contribution in [0.2, 0.25) is 0 Å². The zero-order chi connectivity index (χ0) is 16.4. The first-order valence-corrected chi connectivity index (χ1v) is 9.38. The molecule has 2 N–H and O–H groups in total. The molecule has 2 aliphatic rings. The van der Waals surface area contributed by atoms with Gasteiger partial charge < -0.3 is 20.1 Å². The van der Waals surface area contributed by atoms with E-state index in [0.29, 0.717) is 11.3 Å². The van der Waals surface area contributed by atoms with Crippen molar-refractivity contribution in [1.82, 2.24) is 10.6 Å².